The van der Waals surface area contributed by atoms with Crippen LogP contribution in [-0.4, -0.2) is 51.4 Å². The molecular formula is C31H36N4O2S. The Hall–Kier alpha value is -3.45. The lowest BCUT2D eigenvalue weighted by atomic mass is 9.99. The Labute approximate surface area is 230 Å². The van der Waals surface area contributed by atoms with Crippen LogP contribution < -0.4 is 4.90 Å². The van der Waals surface area contributed by atoms with Crippen molar-refractivity contribution < 1.29 is 9.59 Å². The van der Waals surface area contributed by atoms with Gasteiger partial charge in [-0.05, 0) is 86.1 Å². The fourth-order valence-electron chi connectivity index (χ4n) is 5.49. The number of amides is 2. The van der Waals surface area contributed by atoms with Gasteiger partial charge < -0.3 is 14.4 Å². The summed E-state index contributed by atoms with van der Waals surface area (Å²) in [7, 11) is 1.84. The molecule has 2 aliphatic heterocycles. The fraction of sp³-hybridized carbons (Fsp3) is 0.387. The monoisotopic (exact) mass is 528 g/mol. The van der Waals surface area contributed by atoms with Gasteiger partial charge in [-0.1, -0.05) is 38.1 Å². The molecule has 0 radical (unpaired) electrons. The third-order valence-electron chi connectivity index (χ3n) is 8.14. The number of hydrogen-bond acceptors (Lipinski definition) is 3. The van der Waals surface area contributed by atoms with Crippen LogP contribution in [0.5, 0.6) is 0 Å². The van der Waals surface area contributed by atoms with Crippen molar-refractivity contribution in [1.82, 2.24) is 14.4 Å². The van der Waals surface area contributed by atoms with Gasteiger partial charge in [0.2, 0.25) is 5.91 Å². The number of likely N-dealkylation sites (N-methyl/N-ethyl adjacent to an activating group) is 1. The second-order valence-corrected chi connectivity index (χ2v) is 11.1. The van der Waals surface area contributed by atoms with Gasteiger partial charge in [-0.15, -0.1) is 0 Å². The van der Waals surface area contributed by atoms with Gasteiger partial charge in [0.05, 0.1) is 11.2 Å². The lowest BCUT2D eigenvalue weighted by Gasteiger charge is -2.30. The van der Waals surface area contributed by atoms with Crippen molar-refractivity contribution in [1.29, 1.82) is 0 Å². The number of carbonyl (C=O) groups excluding carboxylic acids is 2. The highest BCUT2D eigenvalue weighted by Crippen LogP contribution is 2.32. The summed E-state index contributed by atoms with van der Waals surface area (Å²) in [6.07, 6.45) is 6.91. The minimum Gasteiger partial charge on any atom is -0.341 e. The molecule has 7 heteroatoms. The van der Waals surface area contributed by atoms with E-state index in [2.05, 4.69) is 37.5 Å². The first-order chi connectivity index (χ1) is 18.2. The number of aromatic nitrogens is 1. The Morgan fingerprint density at radius 3 is 2.53 bits per heavy atom. The second-order valence-electron chi connectivity index (χ2n) is 10.7. The van der Waals surface area contributed by atoms with E-state index in [0.717, 1.165) is 60.1 Å². The maximum atomic E-state index is 13.7. The normalized spacial score (nSPS) is 17.9. The van der Waals surface area contributed by atoms with Crippen molar-refractivity contribution in [3.8, 4) is 0 Å². The van der Waals surface area contributed by atoms with Crippen molar-refractivity contribution in [3.63, 3.8) is 0 Å². The Bertz CT molecular complexity index is 1460. The van der Waals surface area contributed by atoms with Crippen LogP contribution in [0, 0.1) is 19.8 Å². The van der Waals surface area contributed by atoms with Gasteiger partial charge >= 0.3 is 0 Å². The van der Waals surface area contributed by atoms with Gasteiger partial charge in [0.25, 0.3) is 5.91 Å². The molecule has 2 amide bonds. The van der Waals surface area contributed by atoms with Crippen LogP contribution in [-0.2, 0) is 22.6 Å². The molecule has 2 aliphatic rings. The zero-order chi connectivity index (χ0) is 27.1. The number of hydrogen-bond donors (Lipinski definition) is 0. The summed E-state index contributed by atoms with van der Waals surface area (Å²) in [5, 5.41) is 1.49. The fourth-order valence-corrected chi connectivity index (χ4v) is 5.78. The SMILES string of the molecule is CCc1cccc2c(/C=C3/C(=O)N(c4ccc(C)c(C)c4)C(=S)N3C)cn(CC(=O)N3CCC(C)CC3)c12. The first-order valence-corrected chi connectivity index (χ1v) is 13.9. The summed E-state index contributed by atoms with van der Waals surface area (Å²) < 4.78 is 2.07. The lowest BCUT2D eigenvalue weighted by molar-refractivity contribution is -0.133. The second kappa shape index (κ2) is 10.4. The molecule has 2 saturated heterocycles. The van der Waals surface area contributed by atoms with Gasteiger partial charge in [0.15, 0.2) is 5.11 Å². The van der Waals surface area contributed by atoms with Crippen molar-refractivity contribution in [2.75, 3.05) is 25.0 Å². The number of para-hydroxylation sites is 1. The average Bonchev–Trinajstić information content (AvgIpc) is 3.35. The number of likely N-dealkylation sites (tertiary alicyclic amines) is 1. The molecule has 0 N–H and O–H groups in total. The molecule has 0 atom stereocenters. The first-order valence-electron chi connectivity index (χ1n) is 13.5. The molecule has 0 unspecified atom stereocenters. The molecule has 2 aromatic carbocycles. The molecule has 198 valence electrons. The van der Waals surface area contributed by atoms with E-state index in [0.29, 0.717) is 23.3 Å². The van der Waals surface area contributed by atoms with E-state index in [1.165, 1.54) is 11.1 Å². The zero-order valence-corrected chi connectivity index (χ0v) is 23.8. The maximum Gasteiger partial charge on any atom is 0.281 e. The Morgan fingerprint density at radius 2 is 1.84 bits per heavy atom. The summed E-state index contributed by atoms with van der Waals surface area (Å²) in [5.41, 5.74) is 6.73. The molecule has 1 aromatic heterocycles. The Morgan fingerprint density at radius 1 is 1.11 bits per heavy atom. The Balaban J connectivity index is 1.52. The Kier molecular flexibility index (Phi) is 7.14. The van der Waals surface area contributed by atoms with Crippen LogP contribution in [0.15, 0.2) is 48.3 Å². The van der Waals surface area contributed by atoms with Crippen LogP contribution in [0.25, 0.3) is 17.0 Å². The summed E-state index contributed by atoms with van der Waals surface area (Å²) in [4.78, 5) is 32.3. The summed E-state index contributed by atoms with van der Waals surface area (Å²) in [5.74, 6) is 0.675. The molecule has 0 aliphatic carbocycles. The number of aryl methyl sites for hydroxylation is 3. The molecule has 3 heterocycles. The molecular weight excluding hydrogens is 492 g/mol. The van der Waals surface area contributed by atoms with Crippen molar-refractivity contribution in [3.05, 3.63) is 70.5 Å². The lowest BCUT2D eigenvalue weighted by Crippen LogP contribution is -2.39. The van der Waals surface area contributed by atoms with E-state index in [1.54, 1.807) is 9.80 Å². The number of fused-ring (bicyclic) bond motifs is 1. The molecule has 0 saturated carbocycles. The summed E-state index contributed by atoms with van der Waals surface area (Å²) in [6, 6.07) is 12.2. The summed E-state index contributed by atoms with van der Waals surface area (Å²) in [6.45, 7) is 10.4. The third-order valence-corrected chi connectivity index (χ3v) is 8.59. The predicted molar refractivity (Wildman–Crippen MR) is 158 cm³/mol. The zero-order valence-electron chi connectivity index (χ0n) is 23.0. The largest absolute Gasteiger partial charge is 0.341 e. The molecule has 0 bridgehead atoms. The standard InChI is InChI=1S/C31H36N4O2S/c1-6-23-8-7-9-26-24(18-34(29(23)26)19-28(36)33-14-12-20(2)13-15-33)17-27-30(37)35(31(38)32(27)5)25-11-10-21(3)22(4)16-25/h7-11,16-18,20H,6,12-15,19H2,1-5H3/b27-17-. The van der Waals surface area contributed by atoms with E-state index >= 15 is 0 Å². The first kappa shape index (κ1) is 26.2. The van der Waals surface area contributed by atoms with E-state index in [1.807, 2.05) is 55.4 Å². The highest BCUT2D eigenvalue weighted by atomic mass is 32.1. The van der Waals surface area contributed by atoms with E-state index < -0.39 is 0 Å². The molecule has 2 fully saturated rings. The number of benzene rings is 2. The van der Waals surface area contributed by atoms with E-state index in [4.69, 9.17) is 12.2 Å². The minimum atomic E-state index is -0.146. The van der Waals surface area contributed by atoms with Crippen molar-refractivity contribution in [2.24, 2.45) is 5.92 Å². The minimum absolute atomic E-state index is 0.146. The number of carbonyl (C=O) groups is 2. The van der Waals surface area contributed by atoms with Crippen LogP contribution in [0.3, 0.4) is 0 Å². The highest BCUT2D eigenvalue weighted by Gasteiger charge is 2.37. The highest BCUT2D eigenvalue weighted by molar-refractivity contribution is 7.80. The number of anilines is 1. The average molecular weight is 529 g/mol. The number of nitrogens with zero attached hydrogens (tertiary/aromatic N) is 4. The van der Waals surface area contributed by atoms with Gasteiger partial charge in [-0.3, -0.25) is 14.5 Å². The van der Waals surface area contributed by atoms with E-state index in [-0.39, 0.29) is 11.8 Å². The van der Waals surface area contributed by atoms with Crippen LogP contribution in [0.2, 0.25) is 0 Å². The van der Waals surface area contributed by atoms with Crippen molar-refractivity contribution >= 4 is 51.8 Å². The van der Waals surface area contributed by atoms with Gasteiger partial charge in [0.1, 0.15) is 12.2 Å². The molecule has 38 heavy (non-hydrogen) atoms. The van der Waals surface area contributed by atoms with Gasteiger partial charge in [-0.2, -0.15) is 0 Å². The molecule has 5 rings (SSSR count). The van der Waals surface area contributed by atoms with E-state index in [9.17, 15) is 9.59 Å². The smallest absolute Gasteiger partial charge is 0.281 e. The van der Waals surface area contributed by atoms with Gasteiger partial charge in [-0.25, -0.2) is 0 Å². The quantitative estimate of drug-likeness (QED) is 0.316. The van der Waals surface area contributed by atoms with Gasteiger partial charge in [0, 0.05) is 37.3 Å². The topological polar surface area (TPSA) is 48.8 Å². The third kappa shape index (κ3) is 4.64. The van der Waals surface area contributed by atoms with Crippen LogP contribution in [0.4, 0.5) is 5.69 Å². The molecule has 6 nitrogen and oxygen atoms in total. The number of piperidine rings is 1. The molecule has 0 spiro atoms. The predicted octanol–water partition coefficient (Wildman–Crippen LogP) is 5.68. The van der Waals surface area contributed by atoms with Crippen molar-refractivity contribution in [2.45, 2.75) is 53.5 Å². The van der Waals surface area contributed by atoms with Crippen LogP contribution in [0.1, 0.15) is 48.9 Å². The maximum absolute atomic E-state index is 13.7. The number of rotatable bonds is 5. The number of thiocarbonyl (C=S) groups is 1. The summed E-state index contributed by atoms with van der Waals surface area (Å²) >= 11 is 5.70. The van der Waals surface area contributed by atoms with Crippen LogP contribution >= 0.6 is 12.2 Å². The molecule has 3 aromatic rings.